The first-order valence-electron chi connectivity index (χ1n) is 7.54. The first kappa shape index (κ1) is 14.4. The van der Waals surface area contributed by atoms with Crippen LogP contribution in [0.4, 0.5) is 6.01 Å². The Morgan fingerprint density at radius 2 is 1.95 bits per heavy atom. The summed E-state index contributed by atoms with van der Waals surface area (Å²) in [5.41, 5.74) is 8.95. The molecule has 1 saturated heterocycles. The van der Waals surface area contributed by atoms with Crippen LogP contribution in [-0.4, -0.2) is 48.1 Å². The van der Waals surface area contributed by atoms with E-state index in [9.17, 15) is 0 Å². The maximum atomic E-state index is 6.09. The fourth-order valence-corrected chi connectivity index (χ4v) is 2.83. The summed E-state index contributed by atoms with van der Waals surface area (Å²) in [6.07, 6.45) is 0. The lowest BCUT2D eigenvalue weighted by atomic mass is 10.1. The molecule has 1 aromatic carbocycles. The summed E-state index contributed by atoms with van der Waals surface area (Å²) < 4.78 is 5.90. The Balaban J connectivity index is 1.68. The number of rotatable bonds is 3. The van der Waals surface area contributed by atoms with E-state index in [1.54, 1.807) is 0 Å². The normalized spacial score (nSPS) is 17.6. The summed E-state index contributed by atoms with van der Waals surface area (Å²) in [5, 5.41) is 0. The van der Waals surface area contributed by atoms with Gasteiger partial charge in [-0.2, -0.15) is 4.98 Å². The number of oxazole rings is 1. The number of hydrogen-bond acceptors (Lipinski definition) is 5. The van der Waals surface area contributed by atoms with E-state index in [1.807, 2.05) is 12.1 Å². The molecule has 2 heterocycles. The molecule has 2 N–H and O–H groups in total. The molecule has 0 amide bonds. The number of benzene rings is 1. The van der Waals surface area contributed by atoms with Crippen molar-refractivity contribution in [2.45, 2.75) is 26.3 Å². The van der Waals surface area contributed by atoms with Crippen LogP contribution in [0.2, 0.25) is 0 Å². The van der Waals surface area contributed by atoms with E-state index < -0.39 is 0 Å². The van der Waals surface area contributed by atoms with Gasteiger partial charge in [-0.3, -0.25) is 4.90 Å². The van der Waals surface area contributed by atoms with Crippen molar-refractivity contribution in [3.63, 3.8) is 0 Å². The Kier molecular flexibility index (Phi) is 3.63. The highest BCUT2D eigenvalue weighted by Crippen LogP contribution is 2.23. The summed E-state index contributed by atoms with van der Waals surface area (Å²) in [5.74, 6) is 0. The topological polar surface area (TPSA) is 58.5 Å². The minimum atomic E-state index is -0.142. The summed E-state index contributed by atoms with van der Waals surface area (Å²) >= 11 is 0. The molecule has 0 radical (unpaired) electrons. The van der Waals surface area contributed by atoms with Crippen LogP contribution >= 0.6 is 0 Å². The molecule has 1 aliphatic rings. The Morgan fingerprint density at radius 3 is 2.62 bits per heavy atom. The van der Waals surface area contributed by atoms with Gasteiger partial charge in [-0.25, -0.2) is 0 Å². The van der Waals surface area contributed by atoms with Gasteiger partial charge in [-0.05, 0) is 38.5 Å². The highest BCUT2D eigenvalue weighted by molar-refractivity contribution is 5.75. The quantitative estimate of drug-likeness (QED) is 0.936. The van der Waals surface area contributed by atoms with Crippen LogP contribution in [0.25, 0.3) is 11.1 Å². The zero-order chi connectivity index (χ0) is 15.0. The van der Waals surface area contributed by atoms with E-state index in [0.717, 1.165) is 49.8 Å². The minimum absolute atomic E-state index is 0.142. The lowest BCUT2D eigenvalue weighted by Gasteiger charge is -2.37. The zero-order valence-corrected chi connectivity index (χ0v) is 13.1. The molecule has 114 valence electrons. The van der Waals surface area contributed by atoms with Crippen LogP contribution in [0, 0.1) is 6.92 Å². The van der Waals surface area contributed by atoms with Crippen molar-refractivity contribution in [3.8, 4) is 0 Å². The van der Waals surface area contributed by atoms with E-state index in [-0.39, 0.29) is 5.54 Å². The summed E-state index contributed by atoms with van der Waals surface area (Å²) in [7, 11) is 0. The maximum Gasteiger partial charge on any atom is 0.298 e. The van der Waals surface area contributed by atoms with Crippen molar-refractivity contribution in [1.29, 1.82) is 0 Å². The zero-order valence-electron chi connectivity index (χ0n) is 13.1. The third-order valence-electron chi connectivity index (χ3n) is 3.81. The third kappa shape index (κ3) is 3.36. The van der Waals surface area contributed by atoms with Crippen molar-refractivity contribution >= 4 is 17.1 Å². The molecule has 1 aromatic heterocycles. The van der Waals surface area contributed by atoms with E-state index in [0.29, 0.717) is 0 Å². The van der Waals surface area contributed by atoms with E-state index in [4.69, 9.17) is 10.2 Å². The number of fused-ring (bicyclic) bond motifs is 1. The molecular formula is C16H24N4O. The van der Waals surface area contributed by atoms with Gasteiger partial charge in [0.1, 0.15) is 5.52 Å². The van der Waals surface area contributed by atoms with Gasteiger partial charge >= 0.3 is 0 Å². The third-order valence-corrected chi connectivity index (χ3v) is 3.81. The number of anilines is 1. The summed E-state index contributed by atoms with van der Waals surface area (Å²) in [6.45, 7) is 11.0. The van der Waals surface area contributed by atoms with Gasteiger partial charge in [-0.1, -0.05) is 6.07 Å². The fraction of sp³-hybridized carbons (Fsp3) is 0.562. The second kappa shape index (κ2) is 5.31. The molecule has 0 bridgehead atoms. The Morgan fingerprint density at radius 1 is 1.24 bits per heavy atom. The molecule has 2 aromatic rings. The van der Waals surface area contributed by atoms with Gasteiger partial charge in [0.05, 0.1) is 0 Å². The lowest BCUT2D eigenvalue weighted by Crippen LogP contribution is -2.53. The van der Waals surface area contributed by atoms with Crippen molar-refractivity contribution < 1.29 is 4.42 Å². The van der Waals surface area contributed by atoms with Gasteiger partial charge < -0.3 is 15.1 Å². The van der Waals surface area contributed by atoms with Crippen LogP contribution in [0.1, 0.15) is 19.4 Å². The number of hydrogen-bond donors (Lipinski definition) is 1. The molecule has 0 aliphatic carbocycles. The molecule has 1 aliphatic heterocycles. The van der Waals surface area contributed by atoms with E-state index in [1.165, 1.54) is 5.56 Å². The summed E-state index contributed by atoms with van der Waals surface area (Å²) in [4.78, 5) is 9.22. The van der Waals surface area contributed by atoms with Gasteiger partial charge in [0, 0.05) is 38.3 Å². The molecule has 21 heavy (non-hydrogen) atoms. The summed E-state index contributed by atoms with van der Waals surface area (Å²) in [6, 6.07) is 6.86. The van der Waals surface area contributed by atoms with Gasteiger partial charge in [-0.15, -0.1) is 0 Å². The highest BCUT2D eigenvalue weighted by Gasteiger charge is 2.24. The van der Waals surface area contributed by atoms with Gasteiger partial charge in [0.2, 0.25) is 0 Å². The molecule has 1 fully saturated rings. The van der Waals surface area contributed by atoms with Crippen LogP contribution in [0.3, 0.4) is 0 Å². The van der Waals surface area contributed by atoms with Crippen molar-refractivity contribution in [2.75, 3.05) is 37.6 Å². The van der Waals surface area contributed by atoms with Crippen LogP contribution < -0.4 is 10.6 Å². The van der Waals surface area contributed by atoms with Crippen molar-refractivity contribution in [1.82, 2.24) is 9.88 Å². The first-order chi connectivity index (χ1) is 9.90. The molecule has 3 rings (SSSR count). The molecule has 0 spiro atoms. The monoisotopic (exact) mass is 288 g/mol. The molecule has 0 unspecified atom stereocenters. The van der Waals surface area contributed by atoms with E-state index >= 15 is 0 Å². The largest absolute Gasteiger partial charge is 0.423 e. The van der Waals surface area contributed by atoms with Crippen molar-refractivity contribution in [2.24, 2.45) is 5.73 Å². The number of nitrogens with zero attached hydrogens (tertiary/aromatic N) is 3. The second-order valence-corrected chi connectivity index (χ2v) is 6.72. The molecule has 5 nitrogen and oxygen atoms in total. The SMILES string of the molecule is Cc1ccc2nc(N3CCN(CC(C)(C)N)CC3)oc2c1. The second-order valence-electron chi connectivity index (χ2n) is 6.72. The fourth-order valence-electron chi connectivity index (χ4n) is 2.83. The predicted molar refractivity (Wildman–Crippen MR) is 85.7 cm³/mol. The number of aryl methyl sites for hydroxylation is 1. The highest BCUT2D eigenvalue weighted by atomic mass is 16.4. The Labute approximate surface area is 125 Å². The average Bonchev–Trinajstić information content (AvgIpc) is 2.80. The minimum Gasteiger partial charge on any atom is -0.423 e. The van der Waals surface area contributed by atoms with Crippen LogP contribution in [-0.2, 0) is 0 Å². The average molecular weight is 288 g/mol. The smallest absolute Gasteiger partial charge is 0.298 e. The van der Waals surface area contributed by atoms with Gasteiger partial charge in [0.15, 0.2) is 5.58 Å². The first-order valence-corrected chi connectivity index (χ1v) is 7.54. The standard InChI is InChI=1S/C16H24N4O/c1-12-4-5-13-14(10-12)21-15(18-13)20-8-6-19(7-9-20)11-16(2,3)17/h4-5,10H,6-9,11,17H2,1-3H3. The number of piperazine rings is 1. The lowest BCUT2D eigenvalue weighted by molar-refractivity contribution is 0.211. The molecule has 5 heteroatoms. The van der Waals surface area contributed by atoms with Gasteiger partial charge in [0.25, 0.3) is 6.01 Å². The molecule has 0 atom stereocenters. The van der Waals surface area contributed by atoms with E-state index in [2.05, 4.69) is 41.6 Å². The molecule has 0 saturated carbocycles. The van der Waals surface area contributed by atoms with Crippen LogP contribution in [0.15, 0.2) is 22.6 Å². The maximum absolute atomic E-state index is 6.09. The number of nitrogens with two attached hydrogens (primary N) is 1. The molecular weight excluding hydrogens is 264 g/mol. The van der Waals surface area contributed by atoms with Crippen molar-refractivity contribution in [3.05, 3.63) is 23.8 Å². The van der Waals surface area contributed by atoms with Crippen LogP contribution in [0.5, 0.6) is 0 Å². The predicted octanol–water partition coefficient (Wildman–Crippen LogP) is 2.00. The Bertz CT molecular complexity index is 621. The Hall–Kier alpha value is -1.59. The number of aromatic nitrogens is 1.